The van der Waals surface area contributed by atoms with Gasteiger partial charge in [-0.3, -0.25) is 9.79 Å². The molecule has 3 aromatic rings. The van der Waals surface area contributed by atoms with Gasteiger partial charge >= 0.3 is 0 Å². The maximum atomic E-state index is 12.6. The minimum atomic E-state index is -3.58. The number of benzene rings is 1. The average molecular weight is 430 g/mol. The van der Waals surface area contributed by atoms with Crippen molar-refractivity contribution in [3.63, 3.8) is 0 Å². The minimum Gasteiger partial charge on any atom is -0.383 e. The molecule has 0 amide bonds. The number of nitrogen functional groups attached to an aromatic ring is 1. The fourth-order valence-corrected chi connectivity index (χ4v) is 5.99. The lowest BCUT2D eigenvalue weighted by Crippen LogP contribution is -2.17. The van der Waals surface area contributed by atoms with Crippen LogP contribution in [-0.4, -0.2) is 34.5 Å². The Balaban J connectivity index is 1.88. The Morgan fingerprint density at radius 3 is 2.72 bits per heavy atom. The Bertz CT molecular complexity index is 1360. The van der Waals surface area contributed by atoms with Gasteiger partial charge in [0.2, 0.25) is 19.1 Å². The zero-order chi connectivity index (χ0) is 20.9. The summed E-state index contributed by atoms with van der Waals surface area (Å²) >= 11 is 0.843. The van der Waals surface area contributed by atoms with E-state index < -0.39 is 15.4 Å². The van der Waals surface area contributed by atoms with Gasteiger partial charge in [0.25, 0.3) is 5.56 Å². The zero-order valence-electron chi connectivity index (χ0n) is 16.1. The zero-order valence-corrected chi connectivity index (χ0v) is 17.7. The second-order valence-electron chi connectivity index (χ2n) is 7.23. The Kier molecular flexibility index (Phi) is 4.62. The van der Waals surface area contributed by atoms with Crippen molar-refractivity contribution in [3.8, 4) is 0 Å². The number of fused-ring (bicyclic) bond motifs is 2. The summed E-state index contributed by atoms with van der Waals surface area (Å²) < 4.78 is 26.1. The Morgan fingerprint density at radius 1 is 1.28 bits per heavy atom. The summed E-state index contributed by atoms with van der Waals surface area (Å²) in [6, 6.07) is 7.60. The van der Waals surface area contributed by atoms with Crippen LogP contribution in [0.2, 0.25) is 0 Å². The number of nitrogens with two attached hydrogens (primary N) is 1. The maximum Gasteiger partial charge on any atom is 0.283 e. The molecule has 0 saturated carbocycles. The number of para-hydroxylation sites is 1. The van der Waals surface area contributed by atoms with Crippen molar-refractivity contribution in [2.75, 3.05) is 11.5 Å². The van der Waals surface area contributed by atoms with Gasteiger partial charge in [0.15, 0.2) is 0 Å². The Labute approximate surface area is 171 Å². The van der Waals surface area contributed by atoms with Crippen LogP contribution in [0.15, 0.2) is 38.4 Å². The molecule has 2 N–H and O–H groups in total. The molecule has 10 heteroatoms. The van der Waals surface area contributed by atoms with E-state index in [-0.39, 0.29) is 32.4 Å². The molecule has 4 rings (SSSR count). The highest BCUT2D eigenvalue weighted by Gasteiger charge is 2.24. The van der Waals surface area contributed by atoms with Crippen molar-refractivity contribution in [1.29, 1.82) is 0 Å². The maximum absolute atomic E-state index is 12.6. The van der Waals surface area contributed by atoms with Gasteiger partial charge in [-0.05, 0) is 25.0 Å². The molecule has 0 atom stereocenters. The minimum absolute atomic E-state index is 0.0408. The lowest BCUT2D eigenvalue weighted by molar-refractivity contribution is 0.579. The van der Waals surface area contributed by atoms with Crippen molar-refractivity contribution in [1.82, 2.24) is 14.6 Å². The van der Waals surface area contributed by atoms with Gasteiger partial charge in [0.1, 0.15) is 5.82 Å². The fourth-order valence-electron chi connectivity index (χ4n) is 3.20. The van der Waals surface area contributed by atoms with Crippen LogP contribution in [0.25, 0.3) is 16.6 Å². The van der Waals surface area contributed by atoms with E-state index in [1.165, 1.54) is 4.52 Å². The molecule has 3 heterocycles. The van der Waals surface area contributed by atoms with Crippen LogP contribution in [0, 0.1) is 5.92 Å². The summed E-state index contributed by atoms with van der Waals surface area (Å²) in [5.74, 6) is -0.0461. The van der Waals surface area contributed by atoms with Crippen LogP contribution >= 0.6 is 11.3 Å². The molecule has 2 aromatic heterocycles. The monoisotopic (exact) mass is 429 g/mol. The topological polar surface area (TPSA) is 120 Å². The Morgan fingerprint density at radius 2 is 2.00 bits per heavy atom. The van der Waals surface area contributed by atoms with E-state index in [0.717, 1.165) is 33.9 Å². The van der Waals surface area contributed by atoms with Crippen molar-refractivity contribution in [2.24, 2.45) is 10.9 Å². The average Bonchev–Trinajstić information content (AvgIpc) is 3.19. The summed E-state index contributed by atoms with van der Waals surface area (Å²) in [4.78, 5) is 21.3. The lowest BCUT2D eigenvalue weighted by Gasteiger charge is -2.05. The standard InChI is InChI=1S/C19H19N5O3S2/c1-10(2)9-29(26,27)19-23-24-16(20)14(17(25)22-18(24)28-19)8-13-11(3)21-15-7-5-4-6-12(13)15/h4-8,10H,9,20H2,1-3H3/b13-8+. The summed E-state index contributed by atoms with van der Waals surface area (Å²) in [5, 5.41) is 4.14. The van der Waals surface area contributed by atoms with Crippen molar-refractivity contribution in [2.45, 2.75) is 25.1 Å². The largest absolute Gasteiger partial charge is 0.383 e. The summed E-state index contributed by atoms with van der Waals surface area (Å²) in [6.45, 7) is 5.48. The third kappa shape index (κ3) is 3.38. The molecular weight excluding hydrogens is 410 g/mol. The van der Waals surface area contributed by atoms with E-state index in [4.69, 9.17) is 5.73 Å². The van der Waals surface area contributed by atoms with Crippen LogP contribution in [0.5, 0.6) is 0 Å². The smallest absolute Gasteiger partial charge is 0.283 e. The molecular formula is C19H19N5O3S2. The lowest BCUT2D eigenvalue weighted by atomic mass is 10.0. The van der Waals surface area contributed by atoms with Gasteiger partial charge in [0.05, 0.1) is 17.0 Å². The van der Waals surface area contributed by atoms with E-state index in [1.807, 2.05) is 45.0 Å². The summed E-state index contributed by atoms with van der Waals surface area (Å²) in [5.41, 5.74) is 9.07. The number of nitrogens with zero attached hydrogens (tertiary/aromatic N) is 4. The third-order valence-corrected chi connectivity index (χ3v) is 7.89. The van der Waals surface area contributed by atoms with Crippen LogP contribution in [-0.2, 0) is 9.84 Å². The molecule has 29 heavy (non-hydrogen) atoms. The molecule has 1 aliphatic heterocycles. The van der Waals surface area contributed by atoms with Crippen molar-refractivity contribution >= 4 is 55.0 Å². The molecule has 0 spiro atoms. The fraction of sp³-hybridized carbons (Fsp3) is 0.263. The highest BCUT2D eigenvalue weighted by Crippen LogP contribution is 2.35. The second kappa shape index (κ2) is 6.89. The number of sulfone groups is 1. The molecule has 0 unspecified atom stereocenters. The van der Waals surface area contributed by atoms with E-state index in [1.54, 1.807) is 6.08 Å². The van der Waals surface area contributed by atoms with Gasteiger partial charge in [-0.15, -0.1) is 5.10 Å². The molecule has 1 aliphatic rings. The highest BCUT2D eigenvalue weighted by atomic mass is 32.2. The van der Waals surface area contributed by atoms with Crippen molar-refractivity contribution < 1.29 is 8.42 Å². The van der Waals surface area contributed by atoms with E-state index in [9.17, 15) is 13.2 Å². The van der Waals surface area contributed by atoms with Crippen LogP contribution in [0.3, 0.4) is 0 Å². The van der Waals surface area contributed by atoms with Crippen LogP contribution in [0.4, 0.5) is 11.5 Å². The predicted octanol–water partition coefficient (Wildman–Crippen LogP) is 2.81. The molecule has 150 valence electrons. The van der Waals surface area contributed by atoms with E-state index in [0.29, 0.717) is 0 Å². The molecule has 8 nitrogen and oxygen atoms in total. The number of aromatic nitrogens is 3. The molecule has 0 radical (unpaired) electrons. The quantitative estimate of drug-likeness (QED) is 0.681. The Hall–Kier alpha value is -2.85. The number of hydrogen-bond acceptors (Lipinski definition) is 8. The van der Waals surface area contributed by atoms with Crippen LogP contribution < -0.4 is 11.3 Å². The second-order valence-corrected chi connectivity index (χ2v) is 10.4. The first-order chi connectivity index (χ1) is 13.7. The van der Waals surface area contributed by atoms with Crippen LogP contribution in [0.1, 0.15) is 31.9 Å². The van der Waals surface area contributed by atoms with Gasteiger partial charge in [-0.2, -0.15) is 9.50 Å². The number of aliphatic imine (C=N–C) groups is 1. The number of allylic oxidation sites excluding steroid dienone is 1. The molecule has 0 bridgehead atoms. The molecule has 0 saturated heterocycles. The van der Waals surface area contributed by atoms with Gasteiger partial charge < -0.3 is 5.73 Å². The molecule has 0 fully saturated rings. The highest BCUT2D eigenvalue weighted by molar-refractivity contribution is 7.93. The van der Waals surface area contributed by atoms with E-state index in [2.05, 4.69) is 15.1 Å². The van der Waals surface area contributed by atoms with Gasteiger partial charge in [-0.25, -0.2) is 8.42 Å². The van der Waals surface area contributed by atoms with Crippen molar-refractivity contribution in [3.05, 3.63) is 45.7 Å². The predicted molar refractivity (Wildman–Crippen MR) is 116 cm³/mol. The number of hydrogen-bond donors (Lipinski definition) is 1. The summed E-state index contributed by atoms with van der Waals surface area (Å²) in [6.07, 6.45) is 1.64. The third-order valence-electron chi connectivity index (χ3n) is 4.45. The first kappa shape index (κ1) is 19.5. The first-order valence-electron chi connectivity index (χ1n) is 8.96. The van der Waals surface area contributed by atoms with Gasteiger partial charge in [-0.1, -0.05) is 43.4 Å². The van der Waals surface area contributed by atoms with Gasteiger partial charge in [0, 0.05) is 16.8 Å². The first-order valence-corrected chi connectivity index (χ1v) is 11.4. The SMILES string of the molecule is CC1=Nc2ccccc2/C1=C/c1c(N)n2nc(S(=O)(=O)CC(C)C)sc2nc1=O. The summed E-state index contributed by atoms with van der Waals surface area (Å²) in [7, 11) is -3.58. The molecule has 0 aliphatic carbocycles. The molecule has 1 aromatic carbocycles. The normalized spacial score (nSPS) is 15.3. The van der Waals surface area contributed by atoms with E-state index >= 15 is 0 Å². The number of rotatable bonds is 4. The number of anilines is 1.